The molecular weight excluding hydrogens is 286 g/mol. The highest BCUT2D eigenvalue weighted by atomic mass is 16.2. The molecule has 1 aliphatic heterocycles. The van der Waals surface area contributed by atoms with Crippen molar-refractivity contribution in [1.82, 2.24) is 4.90 Å². The monoisotopic (exact) mass is 307 g/mol. The minimum Gasteiger partial charge on any atom is -0.277 e. The van der Waals surface area contributed by atoms with Gasteiger partial charge in [-0.15, -0.1) is 0 Å². The largest absolute Gasteiger partial charge is 0.277 e. The van der Waals surface area contributed by atoms with E-state index in [0.717, 1.165) is 11.1 Å². The van der Waals surface area contributed by atoms with E-state index in [2.05, 4.69) is 0 Å². The molecule has 0 N–H and O–H groups in total. The lowest BCUT2D eigenvalue weighted by Gasteiger charge is -2.31. The summed E-state index contributed by atoms with van der Waals surface area (Å²) in [7, 11) is 0. The number of hydrogen-bond donors (Lipinski definition) is 0. The molecule has 2 amide bonds. The maximum Gasteiger partial charge on any atom is 0.240 e. The van der Waals surface area contributed by atoms with Gasteiger partial charge in [0, 0.05) is 6.42 Å². The Labute approximate surface area is 136 Å². The van der Waals surface area contributed by atoms with Crippen molar-refractivity contribution in [2.24, 2.45) is 5.92 Å². The molecule has 2 aromatic rings. The summed E-state index contributed by atoms with van der Waals surface area (Å²) < 4.78 is 0. The lowest BCUT2D eigenvalue weighted by Crippen LogP contribution is -2.41. The van der Waals surface area contributed by atoms with Crippen LogP contribution < -0.4 is 0 Å². The maximum atomic E-state index is 13.2. The van der Waals surface area contributed by atoms with Gasteiger partial charge in [0.25, 0.3) is 0 Å². The van der Waals surface area contributed by atoms with Crippen molar-refractivity contribution in [3.05, 3.63) is 71.8 Å². The van der Waals surface area contributed by atoms with Crippen LogP contribution in [0.3, 0.4) is 0 Å². The molecule has 0 bridgehead atoms. The minimum atomic E-state index is -0.743. The fourth-order valence-electron chi connectivity index (χ4n) is 3.44. The number of carbonyl (C=O) groups excluding carboxylic acids is 2. The number of imide groups is 1. The van der Waals surface area contributed by atoms with Crippen molar-refractivity contribution < 1.29 is 9.59 Å². The Bertz CT molecular complexity index is 709. The van der Waals surface area contributed by atoms with Gasteiger partial charge in [-0.25, -0.2) is 0 Å². The van der Waals surface area contributed by atoms with Gasteiger partial charge in [-0.1, -0.05) is 74.5 Å². The van der Waals surface area contributed by atoms with E-state index in [0.29, 0.717) is 6.54 Å². The molecule has 0 spiro atoms. The van der Waals surface area contributed by atoms with Crippen LogP contribution in [0.25, 0.3) is 0 Å². The zero-order valence-electron chi connectivity index (χ0n) is 13.5. The molecule has 1 heterocycles. The van der Waals surface area contributed by atoms with Crippen LogP contribution in [0.2, 0.25) is 0 Å². The molecule has 118 valence electrons. The summed E-state index contributed by atoms with van der Waals surface area (Å²) in [6.45, 7) is 4.38. The molecule has 0 radical (unpaired) electrons. The Morgan fingerprint density at radius 2 is 1.52 bits per heavy atom. The van der Waals surface area contributed by atoms with E-state index in [-0.39, 0.29) is 24.2 Å². The SMILES string of the molecule is CC(C)[C@]1(c2ccccc2)CC(=O)N(Cc2ccccc2)C1=O. The zero-order valence-corrected chi connectivity index (χ0v) is 13.5. The van der Waals surface area contributed by atoms with Gasteiger partial charge >= 0.3 is 0 Å². The van der Waals surface area contributed by atoms with Crippen LogP contribution in [0.15, 0.2) is 60.7 Å². The summed E-state index contributed by atoms with van der Waals surface area (Å²) in [6, 6.07) is 19.4. The van der Waals surface area contributed by atoms with Crippen molar-refractivity contribution in [1.29, 1.82) is 0 Å². The molecule has 1 saturated heterocycles. The Kier molecular flexibility index (Phi) is 4.03. The molecular formula is C20H21NO2. The second-order valence-corrected chi connectivity index (χ2v) is 6.44. The summed E-state index contributed by atoms with van der Waals surface area (Å²) in [5.41, 5.74) is 1.17. The second-order valence-electron chi connectivity index (χ2n) is 6.44. The summed E-state index contributed by atoms with van der Waals surface area (Å²) >= 11 is 0. The molecule has 0 saturated carbocycles. The molecule has 1 atom stereocenters. The molecule has 2 aromatic carbocycles. The van der Waals surface area contributed by atoms with Crippen LogP contribution in [-0.2, 0) is 21.5 Å². The van der Waals surface area contributed by atoms with Crippen LogP contribution >= 0.6 is 0 Å². The first-order valence-corrected chi connectivity index (χ1v) is 8.00. The lowest BCUT2D eigenvalue weighted by molar-refractivity contribution is -0.141. The van der Waals surface area contributed by atoms with Crippen LogP contribution in [0, 0.1) is 5.92 Å². The predicted molar refractivity (Wildman–Crippen MR) is 89.6 cm³/mol. The topological polar surface area (TPSA) is 37.4 Å². The fourth-order valence-corrected chi connectivity index (χ4v) is 3.44. The molecule has 0 aliphatic carbocycles. The normalized spacial score (nSPS) is 21.3. The third kappa shape index (κ3) is 2.56. The van der Waals surface area contributed by atoms with Crippen molar-refractivity contribution in [2.75, 3.05) is 0 Å². The minimum absolute atomic E-state index is 0.0575. The number of likely N-dealkylation sites (tertiary alicyclic amines) is 1. The van der Waals surface area contributed by atoms with Gasteiger partial charge in [0.1, 0.15) is 0 Å². The Morgan fingerprint density at radius 1 is 0.957 bits per heavy atom. The first-order chi connectivity index (χ1) is 11.1. The van der Waals surface area contributed by atoms with E-state index in [1.807, 2.05) is 74.5 Å². The van der Waals surface area contributed by atoms with Crippen LogP contribution in [-0.4, -0.2) is 16.7 Å². The quantitative estimate of drug-likeness (QED) is 0.810. The smallest absolute Gasteiger partial charge is 0.240 e. The molecule has 3 rings (SSSR count). The number of hydrogen-bond acceptors (Lipinski definition) is 2. The van der Waals surface area contributed by atoms with E-state index in [9.17, 15) is 9.59 Å². The Morgan fingerprint density at radius 3 is 2.09 bits per heavy atom. The number of rotatable bonds is 4. The first kappa shape index (κ1) is 15.5. The van der Waals surface area contributed by atoms with Gasteiger partial charge in [0.05, 0.1) is 12.0 Å². The van der Waals surface area contributed by atoms with E-state index >= 15 is 0 Å². The number of benzene rings is 2. The number of carbonyl (C=O) groups is 2. The highest BCUT2D eigenvalue weighted by Gasteiger charge is 2.54. The van der Waals surface area contributed by atoms with Gasteiger partial charge in [-0.2, -0.15) is 0 Å². The zero-order chi connectivity index (χ0) is 16.4. The molecule has 3 heteroatoms. The van der Waals surface area contributed by atoms with Crippen molar-refractivity contribution >= 4 is 11.8 Å². The van der Waals surface area contributed by atoms with Gasteiger partial charge in [-0.05, 0) is 17.0 Å². The van der Waals surface area contributed by atoms with Gasteiger partial charge in [0.15, 0.2) is 0 Å². The third-order valence-corrected chi connectivity index (χ3v) is 4.82. The van der Waals surface area contributed by atoms with Gasteiger partial charge < -0.3 is 0 Å². The predicted octanol–water partition coefficient (Wildman–Crippen LogP) is 3.54. The van der Waals surface area contributed by atoms with Crippen molar-refractivity contribution in [3.63, 3.8) is 0 Å². The van der Waals surface area contributed by atoms with Crippen LogP contribution in [0.1, 0.15) is 31.4 Å². The van der Waals surface area contributed by atoms with Crippen molar-refractivity contribution in [2.45, 2.75) is 32.2 Å². The standard InChI is InChI=1S/C20H21NO2/c1-15(2)20(17-11-7-4-8-12-17)13-18(22)21(19(20)23)14-16-9-5-3-6-10-16/h3-12,15H,13-14H2,1-2H3/t20-/m0/s1. The summed E-state index contributed by atoms with van der Waals surface area (Å²) in [5, 5.41) is 0. The molecule has 23 heavy (non-hydrogen) atoms. The maximum absolute atomic E-state index is 13.2. The van der Waals surface area contributed by atoms with Crippen LogP contribution in [0.5, 0.6) is 0 Å². The summed E-state index contributed by atoms with van der Waals surface area (Å²) in [6.07, 6.45) is 0.250. The third-order valence-electron chi connectivity index (χ3n) is 4.82. The molecule has 1 fully saturated rings. The Hall–Kier alpha value is -2.42. The molecule has 0 aromatic heterocycles. The summed E-state index contributed by atoms with van der Waals surface area (Å²) in [5.74, 6) is -0.105. The van der Waals surface area contributed by atoms with Crippen LogP contribution in [0.4, 0.5) is 0 Å². The van der Waals surface area contributed by atoms with E-state index in [1.165, 1.54) is 4.90 Å². The Balaban J connectivity index is 1.98. The molecule has 3 nitrogen and oxygen atoms in total. The number of nitrogens with zero attached hydrogens (tertiary/aromatic N) is 1. The van der Waals surface area contributed by atoms with Crippen molar-refractivity contribution in [3.8, 4) is 0 Å². The summed E-state index contributed by atoms with van der Waals surface area (Å²) in [4.78, 5) is 27.2. The second kappa shape index (κ2) is 5.99. The lowest BCUT2D eigenvalue weighted by atomic mass is 9.70. The van der Waals surface area contributed by atoms with E-state index in [4.69, 9.17) is 0 Å². The highest BCUT2D eigenvalue weighted by molar-refractivity contribution is 6.09. The highest BCUT2D eigenvalue weighted by Crippen LogP contribution is 2.43. The molecule has 0 unspecified atom stereocenters. The fraction of sp³-hybridized carbons (Fsp3) is 0.300. The first-order valence-electron chi connectivity index (χ1n) is 8.00. The van der Waals surface area contributed by atoms with Gasteiger partial charge in [0.2, 0.25) is 11.8 Å². The molecule has 1 aliphatic rings. The average molecular weight is 307 g/mol. The van der Waals surface area contributed by atoms with E-state index < -0.39 is 5.41 Å². The van der Waals surface area contributed by atoms with Gasteiger partial charge in [-0.3, -0.25) is 14.5 Å². The average Bonchev–Trinajstić information content (AvgIpc) is 2.82. The van der Waals surface area contributed by atoms with E-state index in [1.54, 1.807) is 0 Å². The number of amides is 2.